The number of fused-ring (bicyclic) bond motifs is 1. The minimum absolute atomic E-state index is 0.0218. The first-order valence-electron chi connectivity index (χ1n) is 9.81. The lowest BCUT2D eigenvalue weighted by atomic mass is 10.1. The molecule has 3 N–H and O–H groups in total. The van der Waals surface area contributed by atoms with Gasteiger partial charge < -0.3 is 15.7 Å². The molecule has 0 bridgehead atoms. The first-order chi connectivity index (χ1) is 14.5. The monoisotopic (exact) mass is 447 g/mol. The highest BCUT2D eigenvalue weighted by molar-refractivity contribution is 8.15. The number of para-hydroxylation sites is 1. The molecule has 2 unspecified atom stereocenters. The zero-order valence-corrected chi connectivity index (χ0v) is 18.3. The molecule has 0 spiro atoms. The third-order valence-corrected chi connectivity index (χ3v) is 8.16. The molecule has 1 aromatic carbocycles. The Morgan fingerprint density at radius 1 is 1.30 bits per heavy atom. The molecule has 8 nitrogen and oxygen atoms in total. The van der Waals surface area contributed by atoms with Gasteiger partial charge in [0.1, 0.15) is 0 Å². The van der Waals surface area contributed by atoms with Crippen LogP contribution in [0, 0.1) is 0 Å². The second-order valence-electron chi connectivity index (χ2n) is 7.20. The molecule has 2 aliphatic heterocycles. The van der Waals surface area contributed by atoms with E-state index in [0.717, 1.165) is 35.8 Å². The lowest BCUT2D eigenvalue weighted by Crippen LogP contribution is -2.30. The van der Waals surface area contributed by atoms with Crippen LogP contribution in [-0.4, -0.2) is 68.1 Å². The Balaban J connectivity index is 1.50. The van der Waals surface area contributed by atoms with Crippen LogP contribution in [-0.2, 0) is 16.4 Å². The van der Waals surface area contributed by atoms with Crippen molar-refractivity contribution in [1.29, 1.82) is 0 Å². The summed E-state index contributed by atoms with van der Waals surface area (Å²) in [6.07, 6.45) is 2.25. The number of nitrogens with one attached hydrogen (secondary N) is 2. The summed E-state index contributed by atoms with van der Waals surface area (Å²) in [5.74, 6) is 0. The maximum atomic E-state index is 13.0. The molecule has 3 heterocycles. The maximum Gasteiger partial charge on any atom is 0.281 e. The van der Waals surface area contributed by atoms with Crippen molar-refractivity contribution in [3.63, 3.8) is 0 Å². The molecule has 1 aromatic heterocycles. The van der Waals surface area contributed by atoms with E-state index in [4.69, 9.17) is 10.1 Å². The summed E-state index contributed by atoms with van der Waals surface area (Å²) >= 11 is 1.75. The van der Waals surface area contributed by atoms with Crippen LogP contribution >= 0.6 is 11.8 Å². The van der Waals surface area contributed by atoms with E-state index in [2.05, 4.69) is 15.6 Å². The molecular weight excluding hydrogens is 422 g/mol. The summed E-state index contributed by atoms with van der Waals surface area (Å²) in [6.45, 7) is 2.25. The summed E-state index contributed by atoms with van der Waals surface area (Å²) in [5.41, 5.74) is 2.51. The number of nitrogens with zero attached hydrogens (tertiary/aromatic N) is 3. The van der Waals surface area contributed by atoms with Crippen molar-refractivity contribution < 1.29 is 13.5 Å². The van der Waals surface area contributed by atoms with Crippen molar-refractivity contribution in [2.45, 2.75) is 22.7 Å². The molecule has 0 aliphatic carbocycles. The van der Waals surface area contributed by atoms with E-state index in [1.165, 1.54) is 16.6 Å². The number of pyridine rings is 1. The van der Waals surface area contributed by atoms with E-state index in [9.17, 15) is 8.42 Å². The van der Waals surface area contributed by atoms with Gasteiger partial charge in [-0.25, -0.2) is 4.98 Å². The Labute approximate surface area is 180 Å². The lowest BCUT2D eigenvalue weighted by molar-refractivity contribution is 0.292. The standard InChI is InChI=1S/C20H25N5O3S2/c1-25(30(27,28)18-7-2-3-8-22-18)17-6-4-5-14-11-16(24-19(14)17)20-23-13-15(29-20)12-21-9-10-26/h2-8,15-16,21,24,26H,9-13H2,1H3. The van der Waals surface area contributed by atoms with Gasteiger partial charge >= 0.3 is 0 Å². The summed E-state index contributed by atoms with van der Waals surface area (Å²) in [4.78, 5) is 8.72. The van der Waals surface area contributed by atoms with Gasteiger partial charge in [-0.15, -0.1) is 11.8 Å². The van der Waals surface area contributed by atoms with Gasteiger partial charge in [0.15, 0.2) is 5.03 Å². The van der Waals surface area contributed by atoms with E-state index in [0.29, 0.717) is 17.5 Å². The number of rotatable bonds is 8. The van der Waals surface area contributed by atoms with E-state index in [-0.39, 0.29) is 17.7 Å². The molecule has 0 radical (unpaired) electrons. The highest BCUT2D eigenvalue weighted by Gasteiger charge is 2.33. The van der Waals surface area contributed by atoms with Crippen LogP contribution in [0.2, 0.25) is 0 Å². The molecule has 0 saturated carbocycles. The van der Waals surface area contributed by atoms with Gasteiger partial charge in [0.05, 0.1) is 35.6 Å². The SMILES string of the molecule is CN(c1cccc2c1NC(C1=NCC(CNCCO)S1)C2)S(=O)(=O)c1ccccn1. The summed E-state index contributed by atoms with van der Waals surface area (Å²) in [5, 5.41) is 17.0. The van der Waals surface area contributed by atoms with Crippen LogP contribution in [0.15, 0.2) is 52.6 Å². The number of hydrogen-bond acceptors (Lipinski definition) is 8. The van der Waals surface area contributed by atoms with Crippen LogP contribution in [0.5, 0.6) is 0 Å². The van der Waals surface area contributed by atoms with Crippen molar-refractivity contribution in [2.24, 2.45) is 4.99 Å². The number of benzene rings is 1. The van der Waals surface area contributed by atoms with Gasteiger partial charge in [0.25, 0.3) is 10.0 Å². The molecule has 10 heteroatoms. The minimum Gasteiger partial charge on any atom is -0.395 e. The first-order valence-corrected chi connectivity index (χ1v) is 12.1. The molecule has 0 fully saturated rings. The molecule has 2 atom stereocenters. The number of aliphatic hydroxyl groups excluding tert-OH is 1. The van der Waals surface area contributed by atoms with Gasteiger partial charge in [-0.3, -0.25) is 9.30 Å². The highest BCUT2D eigenvalue weighted by atomic mass is 32.2. The maximum absolute atomic E-state index is 13.0. The van der Waals surface area contributed by atoms with Crippen LogP contribution in [0.25, 0.3) is 0 Å². The molecule has 0 saturated heterocycles. The number of aliphatic hydroxyl groups is 1. The van der Waals surface area contributed by atoms with E-state index in [1.54, 1.807) is 37.0 Å². The van der Waals surface area contributed by atoms with Crippen molar-refractivity contribution in [2.75, 3.05) is 42.9 Å². The highest BCUT2D eigenvalue weighted by Crippen LogP contribution is 2.39. The van der Waals surface area contributed by atoms with Crippen LogP contribution in [0.3, 0.4) is 0 Å². The van der Waals surface area contributed by atoms with Gasteiger partial charge in [-0.2, -0.15) is 8.42 Å². The van der Waals surface area contributed by atoms with Crippen LogP contribution in [0.1, 0.15) is 5.56 Å². The van der Waals surface area contributed by atoms with Crippen molar-refractivity contribution in [1.82, 2.24) is 10.3 Å². The number of hydrogen-bond donors (Lipinski definition) is 3. The molecule has 4 rings (SSSR count). The van der Waals surface area contributed by atoms with Gasteiger partial charge in [-0.1, -0.05) is 18.2 Å². The molecule has 160 valence electrons. The topological polar surface area (TPSA) is 107 Å². The second kappa shape index (κ2) is 8.93. The van der Waals surface area contributed by atoms with Crippen LogP contribution < -0.4 is 14.9 Å². The Hall–Kier alpha value is -2.14. The summed E-state index contributed by atoms with van der Waals surface area (Å²) in [7, 11) is -2.20. The average molecular weight is 448 g/mol. The number of aliphatic imine (C=N–C) groups is 1. The molecule has 0 amide bonds. The third kappa shape index (κ3) is 4.18. The quantitative estimate of drug-likeness (QED) is 0.524. The zero-order chi connectivity index (χ0) is 21.1. The number of thioether (sulfide) groups is 1. The number of aromatic nitrogens is 1. The fraction of sp³-hybridized carbons (Fsp3) is 0.400. The van der Waals surface area contributed by atoms with Crippen molar-refractivity contribution >= 4 is 38.2 Å². The van der Waals surface area contributed by atoms with Gasteiger partial charge in [0, 0.05) is 38.0 Å². The number of sulfonamides is 1. The molecule has 2 aromatic rings. The van der Waals surface area contributed by atoms with Crippen LogP contribution in [0.4, 0.5) is 11.4 Å². The Morgan fingerprint density at radius 3 is 2.93 bits per heavy atom. The minimum atomic E-state index is -3.75. The zero-order valence-electron chi connectivity index (χ0n) is 16.7. The fourth-order valence-electron chi connectivity index (χ4n) is 3.63. The lowest BCUT2D eigenvalue weighted by Gasteiger charge is -2.22. The largest absolute Gasteiger partial charge is 0.395 e. The van der Waals surface area contributed by atoms with Gasteiger partial charge in [-0.05, 0) is 23.8 Å². The first kappa shape index (κ1) is 21.1. The predicted octanol–water partition coefficient (Wildman–Crippen LogP) is 1.34. The second-order valence-corrected chi connectivity index (χ2v) is 10.4. The predicted molar refractivity (Wildman–Crippen MR) is 121 cm³/mol. The third-order valence-electron chi connectivity index (χ3n) is 5.17. The van der Waals surface area contributed by atoms with E-state index < -0.39 is 10.0 Å². The van der Waals surface area contributed by atoms with E-state index >= 15 is 0 Å². The molecular formula is C20H25N5O3S2. The Kier molecular flexibility index (Phi) is 6.28. The molecule has 2 aliphatic rings. The van der Waals surface area contributed by atoms with Crippen molar-refractivity contribution in [3.05, 3.63) is 48.2 Å². The Bertz CT molecular complexity index is 1030. The summed E-state index contributed by atoms with van der Waals surface area (Å²) in [6, 6.07) is 10.6. The fourth-order valence-corrected chi connectivity index (χ4v) is 5.91. The van der Waals surface area contributed by atoms with Gasteiger partial charge in [0.2, 0.25) is 0 Å². The Morgan fingerprint density at radius 2 is 2.17 bits per heavy atom. The van der Waals surface area contributed by atoms with E-state index in [1.807, 2.05) is 12.1 Å². The van der Waals surface area contributed by atoms with Crippen molar-refractivity contribution in [3.8, 4) is 0 Å². The molecule has 30 heavy (non-hydrogen) atoms. The number of anilines is 2. The smallest absolute Gasteiger partial charge is 0.281 e. The average Bonchev–Trinajstić information content (AvgIpc) is 3.40. The normalized spacial score (nSPS) is 20.5. The summed E-state index contributed by atoms with van der Waals surface area (Å²) < 4.78 is 27.3.